The highest BCUT2D eigenvalue weighted by Gasteiger charge is 2.24. The van der Waals surface area contributed by atoms with E-state index in [1.165, 1.54) is 17.0 Å². The van der Waals surface area contributed by atoms with Gasteiger partial charge >= 0.3 is 0 Å². The van der Waals surface area contributed by atoms with Crippen LogP contribution in [0.3, 0.4) is 0 Å². The Morgan fingerprint density at radius 3 is 2.63 bits per heavy atom. The fourth-order valence-corrected chi connectivity index (χ4v) is 3.98. The first-order valence-electron chi connectivity index (χ1n) is 10.3. The predicted octanol–water partition coefficient (Wildman–Crippen LogP) is 2.66. The molecule has 1 N–H and O–H groups in total. The molecule has 1 aliphatic rings. The molecule has 3 heterocycles. The van der Waals surface area contributed by atoms with Crippen LogP contribution in [0.1, 0.15) is 41.2 Å². The summed E-state index contributed by atoms with van der Waals surface area (Å²) in [6.45, 7) is 2.40. The molecule has 4 rings (SSSR count). The Hall–Kier alpha value is -3.19. The number of piperidine rings is 1. The molecule has 1 atom stereocenters. The number of nitrogens with zero attached hydrogens (tertiary/aromatic N) is 3. The number of methoxy groups -OCH3 is 1. The number of amides is 1. The zero-order valence-corrected chi connectivity index (χ0v) is 17.1. The molecule has 3 aromatic rings. The van der Waals surface area contributed by atoms with Crippen LogP contribution in [-0.2, 0) is 0 Å². The molecule has 7 nitrogen and oxygen atoms in total. The van der Waals surface area contributed by atoms with E-state index in [0.29, 0.717) is 12.2 Å². The van der Waals surface area contributed by atoms with Crippen molar-refractivity contribution in [2.45, 2.75) is 25.3 Å². The van der Waals surface area contributed by atoms with Crippen molar-refractivity contribution in [1.82, 2.24) is 19.6 Å². The van der Waals surface area contributed by atoms with Gasteiger partial charge in [-0.15, -0.1) is 0 Å². The molecule has 30 heavy (non-hydrogen) atoms. The number of rotatable bonds is 6. The highest BCUT2D eigenvalue weighted by atomic mass is 16.5. The van der Waals surface area contributed by atoms with Crippen molar-refractivity contribution in [2.24, 2.45) is 0 Å². The zero-order chi connectivity index (χ0) is 20.9. The average Bonchev–Trinajstić information content (AvgIpc) is 2.80. The van der Waals surface area contributed by atoms with Gasteiger partial charge in [0, 0.05) is 18.9 Å². The lowest BCUT2D eigenvalue weighted by molar-refractivity contribution is 0.0922. The fourth-order valence-electron chi connectivity index (χ4n) is 3.98. The molecule has 0 bridgehead atoms. The lowest BCUT2D eigenvalue weighted by Gasteiger charge is -2.35. The molecular formula is C23H26N4O3. The average molecular weight is 406 g/mol. The molecular weight excluding hydrogens is 380 g/mol. The first-order valence-corrected chi connectivity index (χ1v) is 10.3. The molecule has 2 aromatic heterocycles. The highest BCUT2D eigenvalue weighted by Crippen LogP contribution is 2.26. The standard InChI is InChI=1S/C23H26N4O3/c1-30-18-10-8-17(9-11-18)20(26-12-4-2-5-13-26)16-25-22(28)19-15-24-21-7-3-6-14-27(21)23(19)29/h3,6-11,14-15,20H,2,4-5,12-13,16H2,1H3,(H,25,28). The van der Waals surface area contributed by atoms with Crippen LogP contribution in [-0.4, -0.2) is 46.9 Å². The number of nitrogens with one attached hydrogen (secondary N) is 1. The Morgan fingerprint density at radius 2 is 1.90 bits per heavy atom. The van der Waals surface area contributed by atoms with Crippen LogP contribution in [0.2, 0.25) is 0 Å². The van der Waals surface area contributed by atoms with E-state index in [0.717, 1.165) is 37.2 Å². The third-order valence-electron chi connectivity index (χ3n) is 5.65. The minimum atomic E-state index is -0.402. The van der Waals surface area contributed by atoms with Gasteiger partial charge in [-0.05, 0) is 55.8 Å². The molecule has 1 amide bonds. The number of ether oxygens (including phenoxy) is 1. The second-order valence-corrected chi connectivity index (χ2v) is 7.50. The van der Waals surface area contributed by atoms with Crippen molar-refractivity contribution >= 4 is 11.6 Å². The summed E-state index contributed by atoms with van der Waals surface area (Å²) in [5, 5.41) is 2.96. The number of aromatic nitrogens is 2. The van der Waals surface area contributed by atoms with Crippen molar-refractivity contribution in [2.75, 3.05) is 26.7 Å². The number of pyridine rings is 1. The van der Waals surface area contributed by atoms with Crippen LogP contribution in [0.5, 0.6) is 5.75 Å². The summed E-state index contributed by atoms with van der Waals surface area (Å²) in [7, 11) is 1.65. The monoisotopic (exact) mass is 406 g/mol. The Balaban J connectivity index is 1.55. The molecule has 7 heteroatoms. The SMILES string of the molecule is COc1ccc(C(CNC(=O)c2cnc3ccccn3c2=O)N2CCCCC2)cc1. The highest BCUT2D eigenvalue weighted by molar-refractivity contribution is 5.93. The summed E-state index contributed by atoms with van der Waals surface area (Å²) in [6.07, 6.45) is 6.51. The van der Waals surface area contributed by atoms with Crippen molar-refractivity contribution in [1.29, 1.82) is 0 Å². The Kier molecular flexibility index (Phi) is 6.09. The van der Waals surface area contributed by atoms with E-state index in [1.54, 1.807) is 31.5 Å². The van der Waals surface area contributed by atoms with Crippen molar-refractivity contribution in [3.8, 4) is 5.75 Å². The number of benzene rings is 1. The molecule has 1 saturated heterocycles. The van der Waals surface area contributed by atoms with E-state index in [4.69, 9.17) is 4.74 Å². The molecule has 1 aliphatic heterocycles. The number of likely N-dealkylation sites (tertiary alicyclic amines) is 1. The van der Waals surface area contributed by atoms with Crippen molar-refractivity contribution in [3.63, 3.8) is 0 Å². The number of fused-ring (bicyclic) bond motifs is 1. The molecule has 0 saturated carbocycles. The number of carbonyl (C=O) groups excluding carboxylic acids is 1. The third kappa shape index (κ3) is 4.21. The van der Waals surface area contributed by atoms with Crippen LogP contribution < -0.4 is 15.6 Å². The minimum Gasteiger partial charge on any atom is -0.497 e. The summed E-state index contributed by atoms with van der Waals surface area (Å²) in [6, 6.07) is 13.3. The number of carbonyl (C=O) groups is 1. The molecule has 1 aromatic carbocycles. The van der Waals surface area contributed by atoms with Crippen LogP contribution in [0, 0.1) is 0 Å². The second kappa shape index (κ2) is 9.09. The summed E-state index contributed by atoms with van der Waals surface area (Å²) in [5.41, 5.74) is 1.32. The maximum absolute atomic E-state index is 12.8. The second-order valence-electron chi connectivity index (χ2n) is 7.50. The smallest absolute Gasteiger partial charge is 0.270 e. The maximum atomic E-state index is 12.8. The number of hydrogen-bond donors (Lipinski definition) is 1. The third-order valence-corrected chi connectivity index (χ3v) is 5.65. The topological polar surface area (TPSA) is 75.9 Å². The molecule has 0 radical (unpaired) electrons. The van der Waals surface area contributed by atoms with Gasteiger partial charge < -0.3 is 10.1 Å². The van der Waals surface area contributed by atoms with Crippen LogP contribution >= 0.6 is 0 Å². The summed E-state index contributed by atoms with van der Waals surface area (Å²) in [5.74, 6) is 0.400. The molecule has 0 aliphatic carbocycles. The van der Waals surface area contributed by atoms with E-state index in [9.17, 15) is 9.59 Å². The van der Waals surface area contributed by atoms with E-state index in [-0.39, 0.29) is 17.2 Å². The maximum Gasteiger partial charge on any atom is 0.270 e. The lowest BCUT2D eigenvalue weighted by Crippen LogP contribution is -2.41. The van der Waals surface area contributed by atoms with Gasteiger partial charge in [0.25, 0.3) is 11.5 Å². The van der Waals surface area contributed by atoms with Gasteiger partial charge in [0.15, 0.2) is 0 Å². The van der Waals surface area contributed by atoms with Gasteiger partial charge in [-0.25, -0.2) is 4.98 Å². The predicted molar refractivity (Wildman–Crippen MR) is 115 cm³/mol. The van der Waals surface area contributed by atoms with Gasteiger partial charge in [-0.2, -0.15) is 0 Å². The molecule has 0 spiro atoms. The first kappa shape index (κ1) is 20.1. The normalized spacial score (nSPS) is 15.6. The number of hydrogen-bond acceptors (Lipinski definition) is 5. The van der Waals surface area contributed by atoms with Gasteiger partial charge in [0.1, 0.15) is 17.0 Å². The Bertz CT molecular complexity index is 1070. The van der Waals surface area contributed by atoms with Gasteiger partial charge in [0.05, 0.1) is 13.2 Å². The summed E-state index contributed by atoms with van der Waals surface area (Å²) >= 11 is 0. The zero-order valence-electron chi connectivity index (χ0n) is 17.1. The minimum absolute atomic E-state index is 0.0383. The molecule has 156 valence electrons. The van der Waals surface area contributed by atoms with E-state index in [2.05, 4.69) is 15.2 Å². The van der Waals surface area contributed by atoms with E-state index >= 15 is 0 Å². The lowest BCUT2D eigenvalue weighted by atomic mass is 10.0. The van der Waals surface area contributed by atoms with Gasteiger partial charge in [-0.1, -0.05) is 24.6 Å². The fraction of sp³-hybridized carbons (Fsp3) is 0.348. The first-order chi connectivity index (χ1) is 14.7. The summed E-state index contributed by atoms with van der Waals surface area (Å²) in [4.78, 5) is 32.2. The van der Waals surface area contributed by atoms with Gasteiger partial charge in [-0.3, -0.25) is 18.9 Å². The van der Waals surface area contributed by atoms with Crippen molar-refractivity contribution < 1.29 is 9.53 Å². The quantitative estimate of drug-likeness (QED) is 0.681. The van der Waals surface area contributed by atoms with E-state index < -0.39 is 5.91 Å². The Morgan fingerprint density at radius 1 is 1.13 bits per heavy atom. The van der Waals surface area contributed by atoms with E-state index in [1.807, 2.05) is 24.3 Å². The Labute approximate surface area is 175 Å². The molecule has 1 unspecified atom stereocenters. The van der Waals surface area contributed by atoms with Crippen LogP contribution in [0.25, 0.3) is 5.65 Å². The van der Waals surface area contributed by atoms with Gasteiger partial charge in [0.2, 0.25) is 0 Å². The molecule has 1 fully saturated rings. The van der Waals surface area contributed by atoms with Crippen LogP contribution in [0.4, 0.5) is 0 Å². The van der Waals surface area contributed by atoms with Crippen molar-refractivity contribution in [3.05, 3.63) is 76.3 Å². The summed E-state index contributed by atoms with van der Waals surface area (Å²) < 4.78 is 6.66. The van der Waals surface area contributed by atoms with Crippen LogP contribution in [0.15, 0.2) is 59.7 Å². The largest absolute Gasteiger partial charge is 0.497 e.